The number of carbonyl (C=O) groups is 2. The van der Waals surface area contributed by atoms with E-state index in [-0.39, 0.29) is 11.6 Å². The summed E-state index contributed by atoms with van der Waals surface area (Å²) in [7, 11) is 1.63. The Kier molecular flexibility index (Phi) is 6.41. The van der Waals surface area contributed by atoms with E-state index in [2.05, 4.69) is 5.10 Å². The van der Waals surface area contributed by atoms with Gasteiger partial charge in [-0.2, -0.15) is 5.10 Å². The predicted molar refractivity (Wildman–Crippen MR) is 112 cm³/mol. The van der Waals surface area contributed by atoms with Gasteiger partial charge in [-0.3, -0.25) is 9.59 Å². The van der Waals surface area contributed by atoms with E-state index >= 15 is 0 Å². The summed E-state index contributed by atoms with van der Waals surface area (Å²) in [6.07, 6.45) is -1.06. The first-order valence-electron chi connectivity index (χ1n) is 9.53. The van der Waals surface area contributed by atoms with E-state index in [9.17, 15) is 14.4 Å². The lowest BCUT2D eigenvalue weighted by Gasteiger charge is -2.21. The van der Waals surface area contributed by atoms with Gasteiger partial charge in [0.25, 0.3) is 5.91 Å². The quantitative estimate of drug-likeness (QED) is 0.589. The van der Waals surface area contributed by atoms with E-state index in [1.54, 1.807) is 14.0 Å². The van der Waals surface area contributed by atoms with E-state index in [4.69, 9.17) is 4.74 Å². The molecule has 1 amide bonds. The van der Waals surface area contributed by atoms with E-state index < -0.39 is 17.5 Å². The smallest absolute Gasteiger partial charge is 0.363 e. The third kappa shape index (κ3) is 4.81. The van der Waals surface area contributed by atoms with Crippen molar-refractivity contribution in [1.29, 1.82) is 0 Å². The number of hydrogen-bond acceptors (Lipinski definition) is 5. The molecule has 2 aromatic carbocycles. The highest BCUT2D eigenvalue weighted by atomic mass is 16.5. The maximum atomic E-state index is 12.6. The SMILES string of the molecule is Cc1cc(=O)c(C(=O)OC(C)C(=O)N(C)Cc2ccccc2)nn1-c1ccccc1. The van der Waals surface area contributed by atoms with Crippen LogP contribution in [0.25, 0.3) is 5.69 Å². The van der Waals surface area contributed by atoms with Crippen LogP contribution in [0.3, 0.4) is 0 Å². The summed E-state index contributed by atoms with van der Waals surface area (Å²) in [6, 6.07) is 19.9. The van der Waals surface area contributed by atoms with Crippen LogP contribution in [0.15, 0.2) is 71.5 Å². The van der Waals surface area contributed by atoms with Crippen molar-refractivity contribution in [3.63, 3.8) is 0 Å². The van der Waals surface area contributed by atoms with Crippen molar-refractivity contribution >= 4 is 11.9 Å². The van der Waals surface area contributed by atoms with Crippen LogP contribution in [0.2, 0.25) is 0 Å². The Morgan fingerprint density at radius 1 is 1.07 bits per heavy atom. The average molecular weight is 405 g/mol. The summed E-state index contributed by atoms with van der Waals surface area (Å²) in [4.78, 5) is 39.0. The van der Waals surface area contributed by atoms with Crippen molar-refractivity contribution in [2.75, 3.05) is 7.05 Å². The third-order valence-electron chi connectivity index (χ3n) is 4.57. The maximum Gasteiger partial charge on any atom is 0.363 e. The Morgan fingerprint density at radius 2 is 1.67 bits per heavy atom. The molecule has 3 aromatic rings. The standard InChI is InChI=1S/C23H23N3O4/c1-16-14-20(27)21(24-26(16)19-12-8-5-9-13-19)23(29)30-17(2)22(28)25(3)15-18-10-6-4-7-11-18/h4-14,17H,15H2,1-3H3. The molecule has 0 saturated heterocycles. The number of nitrogens with zero attached hydrogens (tertiary/aromatic N) is 3. The molecule has 0 saturated carbocycles. The van der Waals surface area contributed by atoms with Crippen molar-refractivity contribution in [2.45, 2.75) is 26.5 Å². The minimum atomic E-state index is -1.06. The van der Waals surface area contributed by atoms with Gasteiger partial charge in [0.05, 0.1) is 5.69 Å². The molecule has 1 atom stereocenters. The van der Waals surface area contributed by atoms with Gasteiger partial charge >= 0.3 is 5.97 Å². The van der Waals surface area contributed by atoms with Crippen LogP contribution in [-0.4, -0.2) is 39.7 Å². The molecule has 0 spiro atoms. The Labute approximate surface area is 174 Å². The first kappa shape index (κ1) is 21.0. The van der Waals surface area contributed by atoms with Crippen molar-refractivity contribution in [2.24, 2.45) is 0 Å². The zero-order valence-electron chi connectivity index (χ0n) is 17.1. The Bertz CT molecular complexity index is 1090. The second-order valence-electron chi connectivity index (χ2n) is 6.97. The summed E-state index contributed by atoms with van der Waals surface area (Å²) in [5.74, 6) is -1.30. The molecule has 7 heteroatoms. The Balaban J connectivity index is 1.75. The van der Waals surface area contributed by atoms with Crippen LogP contribution in [0.4, 0.5) is 0 Å². The molecule has 1 heterocycles. The number of hydrogen-bond donors (Lipinski definition) is 0. The van der Waals surface area contributed by atoms with Gasteiger partial charge < -0.3 is 9.64 Å². The van der Waals surface area contributed by atoms with Crippen LogP contribution >= 0.6 is 0 Å². The van der Waals surface area contributed by atoms with Crippen LogP contribution in [0.5, 0.6) is 0 Å². The highest BCUT2D eigenvalue weighted by Gasteiger charge is 2.25. The number of benzene rings is 2. The first-order chi connectivity index (χ1) is 14.4. The molecule has 154 valence electrons. The molecular formula is C23H23N3O4. The Morgan fingerprint density at radius 3 is 2.30 bits per heavy atom. The van der Waals surface area contributed by atoms with Gasteiger partial charge in [-0.05, 0) is 31.5 Å². The molecule has 0 aliphatic rings. The summed E-state index contributed by atoms with van der Waals surface area (Å²) >= 11 is 0. The molecule has 0 aliphatic heterocycles. The summed E-state index contributed by atoms with van der Waals surface area (Å²) in [5.41, 5.74) is 1.32. The third-order valence-corrected chi connectivity index (χ3v) is 4.57. The van der Waals surface area contributed by atoms with Crippen LogP contribution in [0.1, 0.15) is 28.7 Å². The number of aromatic nitrogens is 2. The van der Waals surface area contributed by atoms with Gasteiger partial charge in [-0.25, -0.2) is 9.48 Å². The van der Waals surface area contributed by atoms with Crippen LogP contribution < -0.4 is 5.43 Å². The van der Waals surface area contributed by atoms with E-state index in [1.807, 2.05) is 60.7 Å². The highest BCUT2D eigenvalue weighted by molar-refractivity contribution is 5.90. The molecule has 0 N–H and O–H groups in total. The monoisotopic (exact) mass is 405 g/mol. The zero-order valence-corrected chi connectivity index (χ0v) is 17.1. The molecule has 7 nitrogen and oxygen atoms in total. The molecule has 0 aliphatic carbocycles. The fourth-order valence-corrected chi connectivity index (χ4v) is 3.03. The number of para-hydroxylation sites is 1. The van der Waals surface area contributed by atoms with Gasteiger partial charge in [0.1, 0.15) is 0 Å². The number of esters is 1. The number of ether oxygens (including phenoxy) is 1. The summed E-state index contributed by atoms with van der Waals surface area (Å²) < 4.78 is 6.75. The van der Waals surface area contributed by atoms with Crippen molar-refractivity contribution in [3.8, 4) is 5.69 Å². The lowest BCUT2D eigenvalue weighted by Crippen LogP contribution is -2.38. The fourth-order valence-electron chi connectivity index (χ4n) is 3.03. The first-order valence-corrected chi connectivity index (χ1v) is 9.53. The predicted octanol–water partition coefficient (Wildman–Crippen LogP) is 2.74. The van der Waals surface area contributed by atoms with Gasteiger partial charge in [0.15, 0.2) is 6.10 Å². The Hall–Kier alpha value is -3.74. The molecule has 3 rings (SSSR count). The molecular weight excluding hydrogens is 382 g/mol. The van der Waals surface area contributed by atoms with Gasteiger partial charge in [-0.15, -0.1) is 0 Å². The lowest BCUT2D eigenvalue weighted by atomic mass is 10.2. The van der Waals surface area contributed by atoms with Gasteiger partial charge in [0.2, 0.25) is 11.1 Å². The van der Waals surface area contributed by atoms with Gasteiger partial charge in [0, 0.05) is 25.4 Å². The minimum absolute atomic E-state index is 0.366. The molecule has 0 bridgehead atoms. The van der Waals surface area contributed by atoms with Crippen molar-refractivity contribution in [3.05, 3.63) is 93.9 Å². The molecule has 1 aromatic heterocycles. The summed E-state index contributed by atoms with van der Waals surface area (Å²) in [6.45, 7) is 3.58. The normalized spacial score (nSPS) is 11.6. The molecule has 1 unspecified atom stereocenters. The summed E-state index contributed by atoms with van der Waals surface area (Å²) in [5, 5.41) is 4.17. The minimum Gasteiger partial charge on any atom is -0.448 e. The van der Waals surface area contributed by atoms with Gasteiger partial charge in [-0.1, -0.05) is 48.5 Å². The van der Waals surface area contributed by atoms with E-state index in [0.29, 0.717) is 17.9 Å². The second kappa shape index (κ2) is 9.17. The molecule has 0 radical (unpaired) electrons. The number of likely N-dealkylation sites (N-methyl/N-ethyl adjacent to an activating group) is 1. The fraction of sp³-hybridized carbons (Fsp3) is 0.217. The van der Waals surface area contributed by atoms with Crippen molar-refractivity contribution < 1.29 is 14.3 Å². The van der Waals surface area contributed by atoms with E-state index in [1.165, 1.54) is 22.6 Å². The maximum absolute atomic E-state index is 12.6. The topological polar surface area (TPSA) is 81.5 Å². The van der Waals surface area contributed by atoms with Crippen molar-refractivity contribution in [1.82, 2.24) is 14.7 Å². The zero-order chi connectivity index (χ0) is 21.7. The van der Waals surface area contributed by atoms with E-state index in [0.717, 1.165) is 5.56 Å². The number of amides is 1. The van der Waals surface area contributed by atoms with Crippen LogP contribution in [-0.2, 0) is 16.1 Å². The average Bonchev–Trinajstić information content (AvgIpc) is 2.74. The largest absolute Gasteiger partial charge is 0.448 e. The molecule has 30 heavy (non-hydrogen) atoms. The molecule has 0 fully saturated rings. The lowest BCUT2D eigenvalue weighted by molar-refractivity contribution is -0.139. The number of carbonyl (C=O) groups excluding carboxylic acids is 2. The highest BCUT2D eigenvalue weighted by Crippen LogP contribution is 2.10. The number of rotatable bonds is 6. The van der Waals surface area contributed by atoms with Crippen LogP contribution in [0, 0.1) is 6.92 Å². The number of aryl methyl sites for hydroxylation is 1. The second-order valence-corrected chi connectivity index (χ2v) is 6.97.